The number of carbonyl (C=O) groups excluding carboxylic acids is 1. The summed E-state index contributed by atoms with van der Waals surface area (Å²) >= 11 is 0. The van der Waals surface area contributed by atoms with Crippen molar-refractivity contribution in [3.63, 3.8) is 0 Å². The number of rotatable bonds is 6. The van der Waals surface area contributed by atoms with Gasteiger partial charge in [-0.3, -0.25) is 4.79 Å². The average Bonchev–Trinajstić information content (AvgIpc) is 3.26. The second-order valence-corrected chi connectivity index (χ2v) is 6.74. The summed E-state index contributed by atoms with van der Waals surface area (Å²) in [5.41, 5.74) is 1.51. The van der Waals surface area contributed by atoms with E-state index in [-0.39, 0.29) is 23.5 Å². The van der Waals surface area contributed by atoms with Crippen LogP contribution in [0.2, 0.25) is 0 Å². The van der Waals surface area contributed by atoms with Gasteiger partial charge in [-0.05, 0) is 42.9 Å². The van der Waals surface area contributed by atoms with Crippen LogP contribution in [-0.4, -0.2) is 43.2 Å². The van der Waals surface area contributed by atoms with Gasteiger partial charge >= 0.3 is 0 Å². The topological polar surface area (TPSA) is 78.6 Å². The zero-order valence-electron chi connectivity index (χ0n) is 13.9. The Morgan fingerprint density at radius 1 is 1.12 bits per heavy atom. The molecule has 1 fully saturated rings. The number of phenolic OH excluding ortho intramolecular Hbond substituents is 1. The van der Waals surface area contributed by atoms with E-state index in [0.29, 0.717) is 18.0 Å². The number of phenols is 1. The number of benzene rings is 1. The van der Waals surface area contributed by atoms with Crippen LogP contribution in [0.15, 0.2) is 48.7 Å². The third-order valence-corrected chi connectivity index (χ3v) is 4.97. The SMILES string of the molecule is O=C1C(O)=C(c2ccc(O)cc2)C(C2CC2)N1CCCn1ccnc1. The molecule has 4 rings (SSSR count). The molecule has 2 aromatic rings. The number of hydrogen-bond donors (Lipinski definition) is 2. The van der Waals surface area contributed by atoms with Crippen molar-refractivity contribution in [3.05, 3.63) is 54.3 Å². The fraction of sp³-hybridized carbons (Fsp3) is 0.368. The molecule has 6 heteroatoms. The molecule has 0 bridgehead atoms. The Morgan fingerprint density at radius 3 is 2.52 bits per heavy atom. The molecule has 1 aliphatic carbocycles. The number of aromatic nitrogens is 2. The summed E-state index contributed by atoms with van der Waals surface area (Å²) in [6.07, 6.45) is 8.37. The summed E-state index contributed by atoms with van der Waals surface area (Å²) < 4.78 is 1.99. The Kier molecular flexibility index (Phi) is 3.95. The van der Waals surface area contributed by atoms with Gasteiger partial charge in [-0.15, -0.1) is 0 Å². The molecule has 0 saturated heterocycles. The van der Waals surface area contributed by atoms with Gasteiger partial charge in [0, 0.05) is 31.1 Å². The highest BCUT2D eigenvalue weighted by atomic mass is 16.3. The Hall–Kier alpha value is -2.76. The standard InChI is InChI=1S/C19H21N3O3/c23-15-6-4-13(5-7-15)16-17(14-2-3-14)22(19(25)18(16)24)10-1-9-21-11-8-20-12-21/h4-8,11-12,14,17,23-24H,1-3,9-10H2. The molecule has 1 unspecified atom stereocenters. The second kappa shape index (κ2) is 6.27. The molecule has 0 spiro atoms. The predicted octanol–water partition coefficient (Wildman–Crippen LogP) is 2.57. The molecule has 1 aliphatic heterocycles. The fourth-order valence-electron chi connectivity index (χ4n) is 3.61. The van der Waals surface area contributed by atoms with Crippen LogP contribution in [0.5, 0.6) is 5.75 Å². The van der Waals surface area contributed by atoms with Gasteiger partial charge in [0.1, 0.15) is 5.75 Å². The molecule has 1 aromatic heterocycles. The van der Waals surface area contributed by atoms with Crippen molar-refractivity contribution in [1.82, 2.24) is 14.5 Å². The van der Waals surface area contributed by atoms with Crippen molar-refractivity contribution in [1.29, 1.82) is 0 Å². The average molecular weight is 339 g/mol. The normalized spacial score (nSPS) is 20.6. The Bertz CT molecular complexity index is 792. The maximum atomic E-state index is 12.6. The summed E-state index contributed by atoms with van der Waals surface area (Å²) in [6.45, 7) is 1.39. The number of aryl methyl sites for hydroxylation is 1. The molecule has 0 radical (unpaired) electrons. The summed E-state index contributed by atoms with van der Waals surface area (Å²) in [6, 6.07) is 6.63. The van der Waals surface area contributed by atoms with Crippen LogP contribution in [0.4, 0.5) is 0 Å². The van der Waals surface area contributed by atoms with E-state index in [9.17, 15) is 15.0 Å². The van der Waals surface area contributed by atoms with Crippen LogP contribution in [0.1, 0.15) is 24.8 Å². The predicted molar refractivity (Wildman–Crippen MR) is 92.7 cm³/mol. The Balaban J connectivity index is 1.55. The summed E-state index contributed by atoms with van der Waals surface area (Å²) in [4.78, 5) is 18.5. The third kappa shape index (κ3) is 2.99. The first-order valence-corrected chi connectivity index (χ1v) is 8.64. The molecule has 2 heterocycles. The number of aromatic hydroxyl groups is 1. The van der Waals surface area contributed by atoms with E-state index < -0.39 is 0 Å². The first kappa shape index (κ1) is 15.7. The van der Waals surface area contributed by atoms with Crippen LogP contribution in [0, 0.1) is 5.92 Å². The maximum Gasteiger partial charge on any atom is 0.289 e. The number of imidazole rings is 1. The number of hydrogen-bond acceptors (Lipinski definition) is 4. The minimum Gasteiger partial charge on any atom is -0.508 e. The second-order valence-electron chi connectivity index (χ2n) is 6.74. The van der Waals surface area contributed by atoms with Gasteiger partial charge in [-0.1, -0.05) is 12.1 Å². The fourth-order valence-corrected chi connectivity index (χ4v) is 3.61. The first-order chi connectivity index (χ1) is 12.1. The van der Waals surface area contributed by atoms with Gasteiger partial charge in [0.2, 0.25) is 0 Å². The molecule has 130 valence electrons. The van der Waals surface area contributed by atoms with Crippen molar-refractivity contribution in [3.8, 4) is 5.75 Å². The van der Waals surface area contributed by atoms with Crippen LogP contribution >= 0.6 is 0 Å². The summed E-state index contributed by atoms with van der Waals surface area (Å²) in [5.74, 6) is 0.148. The van der Waals surface area contributed by atoms with E-state index in [4.69, 9.17) is 0 Å². The number of aliphatic hydroxyl groups excluding tert-OH is 1. The molecule has 1 atom stereocenters. The van der Waals surface area contributed by atoms with Crippen molar-refractivity contribution in [2.75, 3.05) is 6.54 Å². The minimum atomic E-state index is -0.286. The van der Waals surface area contributed by atoms with Gasteiger partial charge < -0.3 is 19.7 Å². The molecular weight excluding hydrogens is 318 g/mol. The quantitative estimate of drug-likeness (QED) is 0.848. The molecule has 25 heavy (non-hydrogen) atoms. The largest absolute Gasteiger partial charge is 0.508 e. The van der Waals surface area contributed by atoms with Crippen molar-refractivity contribution < 1.29 is 15.0 Å². The monoisotopic (exact) mass is 339 g/mol. The van der Waals surface area contributed by atoms with Crippen LogP contribution in [0.3, 0.4) is 0 Å². The third-order valence-electron chi connectivity index (χ3n) is 4.97. The van der Waals surface area contributed by atoms with Gasteiger partial charge in [0.15, 0.2) is 5.76 Å². The number of amides is 1. The van der Waals surface area contributed by atoms with Crippen molar-refractivity contribution in [2.24, 2.45) is 5.92 Å². The van der Waals surface area contributed by atoms with E-state index in [1.165, 1.54) is 0 Å². The molecular formula is C19H21N3O3. The van der Waals surface area contributed by atoms with Crippen molar-refractivity contribution >= 4 is 11.5 Å². The first-order valence-electron chi connectivity index (χ1n) is 8.64. The molecule has 1 amide bonds. The molecule has 2 N–H and O–H groups in total. The maximum absolute atomic E-state index is 12.6. The Morgan fingerprint density at radius 2 is 1.88 bits per heavy atom. The lowest BCUT2D eigenvalue weighted by Gasteiger charge is -2.27. The molecule has 1 aromatic carbocycles. The highest BCUT2D eigenvalue weighted by Crippen LogP contribution is 2.46. The van der Waals surface area contributed by atoms with E-state index in [2.05, 4.69) is 4.98 Å². The van der Waals surface area contributed by atoms with Gasteiger partial charge in [-0.2, -0.15) is 0 Å². The van der Waals surface area contributed by atoms with Crippen LogP contribution in [0.25, 0.3) is 5.57 Å². The number of carbonyl (C=O) groups is 1. The van der Waals surface area contributed by atoms with E-state index in [1.54, 1.807) is 36.8 Å². The molecule has 6 nitrogen and oxygen atoms in total. The van der Waals surface area contributed by atoms with Gasteiger partial charge in [-0.25, -0.2) is 4.98 Å². The molecule has 1 saturated carbocycles. The van der Waals surface area contributed by atoms with Crippen LogP contribution in [-0.2, 0) is 11.3 Å². The highest BCUT2D eigenvalue weighted by molar-refractivity contribution is 6.05. The minimum absolute atomic E-state index is 0.0696. The summed E-state index contributed by atoms with van der Waals surface area (Å²) in [5, 5.41) is 20.0. The zero-order chi connectivity index (χ0) is 17.4. The molecule has 2 aliphatic rings. The van der Waals surface area contributed by atoms with E-state index in [1.807, 2.05) is 15.7 Å². The van der Waals surface area contributed by atoms with E-state index in [0.717, 1.165) is 31.4 Å². The van der Waals surface area contributed by atoms with Gasteiger partial charge in [0.25, 0.3) is 5.91 Å². The van der Waals surface area contributed by atoms with Crippen LogP contribution < -0.4 is 0 Å². The lowest BCUT2D eigenvalue weighted by Crippen LogP contribution is -2.38. The number of nitrogens with zero attached hydrogens (tertiary/aromatic N) is 3. The zero-order valence-corrected chi connectivity index (χ0v) is 13.9. The van der Waals surface area contributed by atoms with E-state index >= 15 is 0 Å². The Labute approximate surface area is 146 Å². The smallest absolute Gasteiger partial charge is 0.289 e. The lowest BCUT2D eigenvalue weighted by atomic mass is 9.95. The van der Waals surface area contributed by atoms with Crippen molar-refractivity contribution in [2.45, 2.75) is 31.8 Å². The lowest BCUT2D eigenvalue weighted by molar-refractivity contribution is -0.129. The highest BCUT2D eigenvalue weighted by Gasteiger charge is 2.47. The summed E-state index contributed by atoms with van der Waals surface area (Å²) in [7, 11) is 0. The van der Waals surface area contributed by atoms with Gasteiger partial charge in [0.05, 0.1) is 12.4 Å². The number of aliphatic hydroxyl groups is 1.